The van der Waals surface area contributed by atoms with Gasteiger partial charge in [0.05, 0.1) is 0 Å². The molecule has 0 unspecified atom stereocenters. The second kappa shape index (κ2) is 4.26. The van der Waals surface area contributed by atoms with Crippen LogP contribution >= 0.6 is 0 Å². The van der Waals surface area contributed by atoms with Crippen molar-refractivity contribution in [2.24, 2.45) is 5.92 Å². The van der Waals surface area contributed by atoms with Crippen molar-refractivity contribution in [3.8, 4) is 5.75 Å². The molecular formula is C18H22O. The topological polar surface area (TPSA) is 9.23 Å². The first kappa shape index (κ1) is 12.5. The van der Waals surface area contributed by atoms with Crippen LogP contribution in [-0.2, 0) is 12.8 Å². The third kappa shape index (κ3) is 2.34. The normalized spacial score (nSPS) is 16.7. The Morgan fingerprint density at radius 1 is 1.16 bits per heavy atom. The molecule has 0 spiro atoms. The summed E-state index contributed by atoms with van der Waals surface area (Å²) in [6, 6.07) is 11.2. The van der Waals surface area contributed by atoms with E-state index in [4.69, 9.17) is 4.74 Å². The van der Waals surface area contributed by atoms with Crippen LogP contribution in [0.1, 0.15) is 38.8 Å². The SMILES string of the molecule is CC(C)Cc1ccc2c3c(ccc2c1)OC(C)(C)C3. The first-order valence-corrected chi connectivity index (χ1v) is 7.18. The third-order valence-electron chi connectivity index (χ3n) is 3.79. The highest BCUT2D eigenvalue weighted by Gasteiger charge is 2.31. The van der Waals surface area contributed by atoms with E-state index in [1.165, 1.54) is 21.9 Å². The van der Waals surface area contributed by atoms with Crippen molar-refractivity contribution in [2.45, 2.75) is 46.1 Å². The predicted molar refractivity (Wildman–Crippen MR) is 80.9 cm³/mol. The molecule has 0 N–H and O–H groups in total. The van der Waals surface area contributed by atoms with Gasteiger partial charge in [0.1, 0.15) is 11.4 Å². The van der Waals surface area contributed by atoms with E-state index in [1.54, 1.807) is 0 Å². The summed E-state index contributed by atoms with van der Waals surface area (Å²) in [4.78, 5) is 0. The molecule has 19 heavy (non-hydrogen) atoms. The lowest BCUT2D eigenvalue weighted by Crippen LogP contribution is -2.24. The van der Waals surface area contributed by atoms with Crippen molar-refractivity contribution >= 4 is 10.8 Å². The summed E-state index contributed by atoms with van der Waals surface area (Å²) in [5.74, 6) is 1.77. The van der Waals surface area contributed by atoms with E-state index in [2.05, 4.69) is 58.0 Å². The van der Waals surface area contributed by atoms with Crippen LogP contribution in [-0.4, -0.2) is 5.60 Å². The summed E-state index contributed by atoms with van der Waals surface area (Å²) < 4.78 is 6.00. The first-order valence-electron chi connectivity index (χ1n) is 7.18. The minimum Gasteiger partial charge on any atom is -0.487 e. The van der Waals surface area contributed by atoms with Gasteiger partial charge in [-0.05, 0) is 48.6 Å². The average molecular weight is 254 g/mol. The van der Waals surface area contributed by atoms with Crippen LogP contribution in [0, 0.1) is 5.92 Å². The molecular weight excluding hydrogens is 232 g/mol. The molecule has 0 aromatic heterocycles. The average Bonchev–Trinajstić information content (AvgIpc) is 2.62. The molecule has 1 heteroatoms. The Balaban J connectivity index is 2.07. The second-order valence-corrected chi connectivity index (χ2v) is 6.73. The number of hydrogen-bond donors (Lipinski definition) is 0. The maximum absolute atomic E-state index is 6.00. The molecule has 1 aliphatic heterocycles. The van der Waals surface area contributed by atoms with Gasteiger partial charge in [-0.3, -0.25) is 0 Å². The quantitative estimate of drug-likeness (QED) is 0.751. The lowest BCUT2D eigenvalue weighted by atomic mass is 9.94. The molecule has 2 aromatic carbocycles. The largest absolute Gasteiger partial charge is 0.487 e. The zero-order valence-corrected chi connectivity index (χ0v) is 12.3. The number of ether oxygens (including phenoxy) is 1. The molecule has 0 bridgehead atoms. The van der Waals surface area contributed by atoms with Gasteiger partial charge in [0.2, 0.25) is 0 Å². The number of fused-ring (bicyclic) bond motifs is 3. The Morgan fingerprint density at radius 3 is 2.68 bits per heavy atom. The van der Waals surface area contributed by atoms with Crippen LogP contribution in [0.3, 0.4) is 0 Å². The Kier molecular flexibility index (Phi) is 2.81. The van der Waals surface area contributed by atoms with Gasteiger partial charge in [0, 0.05) is 12.0 Å². The highest BCUT2D eigenvalue weighted by atomic mass is 16.5. The maximum Gasteiger partial charge on any atom is 0.124 e. The predicted octanol–water partition coefficient (Wildman–Crippen LogP) is 4.75. The first-order chi connectivity index (χ1) is 8.94. The Bertz CT molecular complexity index is 623. The van der Waals surface area contributed by atoms with Crippen molar-refractivity contribution in [1.29, 1.82) is 0 Å². The van der Waals surface area contributed by atoms with Crippen LogP contribution < -0.4 is 4.74 Å². The van der Waals surface area contributed by atoms with Gasteiger partial charge in [-0.25, -0.2) is 0 Å². The summed E-state index contributed by atoms with van der Waals surface area (Å²) in [5.41, 5.74) is 2.74. The summed E-state index contributed by atoms with van der Waals surface area (Å²) in [6.07, 6.45) is 2.15. The smallest absolute Gasteiger partial charge is 0.124 e. The minimum atomic E-state index is -0.0623. The number of hydrogen-bond acceptors (Lipinski definition) is 1. The van der Waals surface area contributed by atoms with Gasteiger partial charge in [-0.15, -0.1) is 0 Å². The van der Waals surface area contributed by atoms with Crippen molar-refractivity contribution in [3.05, 3.63) is 41.5 Å². The van der Waals surface area contributed by atoms with Gasteiger partial charge in [-0.2, -0.15) is 0 Å². The zero-order chi connectivity index (χ0) is 13.6. The van der Waals surface area contributed by atoms with Crippen LogP contribution in [0.2, 0.25) is 0 Å². The molecule has 0 fully saturated rings. The molecule has 0 saturated carbocycles. The molecule has 2 aromatic rings. The molecule has 1 aliphatic rings. The molecule has 0 atom stereocenters. The van der Waals surface area contributed by atoms with E-state index < -0.39 is 0 Å². The summed E-state index contributed by atoms with van der Waals surface area (Å²) in [6.45, 7) is 8.85. The van der Waals surface area contributed by atoms with E-state index in [0.717, 1.165) is 18.6 Å². The lowest BCUT2D eigenvalue weighted by Gasteiger charge is -2.16. The Morgan fingerprint density at radius 2 is 1.95 bits per heavy atom. The summed E-state index contributed by atoms with van der Waals surface area (Å²) in [7, 11) is 0. The molecule has 100 valence electrons. The van der Waals surface area contributed by atoms with Gasteiger partial charge in [-0.1, -0.05) is 38.1 Å². The number of rotatable bonds is 2. The van der Waals surface area contributed by atoms with Gasteiger partial charge in [0.25, 0.3) is 0 Å². The fourth-order valence-corrected chi connectivity index (χ4v) is 3.06. The zero-order valence-electron chi connectivity index (χ0n) is 12.3. The molecule has 0 amide bonds. The molecule has 0 radical (unpaired) electrons. The van der Waals surface area contributed by atoms with Gasteiger partial charge < -0.3 is 4.74 Å². The van der Waals surface area contributed by atoms with E-state index in [9.17, 15) is 0 Å². The standard InChI is InChI=1S/C18H22O/c1-12(2)9-13-5-7-15-14(10-13)6-8-17-16(15)11-18(3,4)19-17/h5-8,10,12H,9,11H2,1-4H3. The minimum absolute atomic E-state index is 0.0623. The summed E-state index contributed by atoms with van der Waals surface area (Å²) >= 11 is 0. The molecule has 1 heterocycles. The van der Waals surface area contributed by atoms with E-state index in [-0.39, 0.29) is 5.60 Å². The Hall–Kier alpha value is -1.50. The van der Waals surface area contributed by atoms with Crippen molar-refractivity contribution in [1.82, 2.24) is 0 Å². The van der Waals surface area contributed by atoms with E-state index in [1.807, 2.05) is 0 Å². The molecule has 3 rings (SSSR count). The van der Waals surface area contributed by atoms with Gasteiger partial charge >= 0.3 is 0 Å². The second-order valence-electron chi connectivity index (χ2n) is 6.73. The lowest BCUT2D eigenvalue weighted by molar-refractivity contribution is 0.138. The van der Waals surface area contributed by atoms with E-state index in [0.29, 0.717) is 5.92 Å². The van der Waals surface area contributed by atoms with Crippen LogP contribution in [0.4, 0.5) is 0 Å². The third-order valence-corrected chi connectivity index (χ3v) is 3.79. The van der Waals surface area contributed by atoms with Gasteiger partial charge in [0.15, 0.2) is 0 Å². The van der Waals surface area contributed by atoms with Crippen LogP contribution in [0.15, 0.2) is 30.3 Å². The molecule has 0 aliphatic carbocycles. The summed E-state index contributed by atoms with van der Waals surface area (Å²) in [5, 5.41) is 2.70. The number of benzene rings is 2. The van der Waals surface area contributed by atoms with Crippen molar-refractivity contribution in [2.75, 3.05) is 0 Å². The highest BCUT2D eigenvalue weighted by molar-refractivity contribution is 5.89. The van der Waals surface area contributed by atoms with Crippen molar-refractivity contribution < 1.29 is 4.74 Å². The van der Waals surface area contributed by atoms with E-state index >= 15 is 0 Å². The fourth-order valence-electron chi connectivity index (χ4n) is 3.06. The monoisotopic (exact) mass is 254 g/mol. The highest BCUT2D eigenvalue weighted by Crippen LogP contribution is 2.39. The fraction of sp³-hybridized carbons (Fsp3) is 0.444. The van der Waals surface area contributed by atoms with Crippen LogP contribution in [0.25, 0.3) is 10.8 Å². The molecule has 0 saturated heterocycles. The molecule has 1 nitrogen and oxygen atoms in total. The van der Waals surface area contributed by atoms with Crippen molar-refractivity contribution in [3.63, 3.8) is 0 Å². The maximum atomic E-state index is 6.00. The Labute approximate surface area is 115 Å². The van der Waals surface area contributed by atoms with Crippen LogP contribution in [0.5, 0.6) is 5.75 Å².